The van der Waals surface area contributed by atoms with Crippen molar-refractivity contribution in [2.45, 2.75) is 43.9 Å². The molecule has 2 aliphatic heterocycles. The van der Waals surface area contributed by atoms with E-state index in [1.54, 1.807) is 0 Å². The second-order valence-corrected chi connectivity index (χ2v) is 3.26. The third kappa shape index (κ3) is 1.17. The first-order valence-electron chi connectivity index (χ1n) is 3.94. The number of nitrogens with one attached hydrogen (secondary N) is 1. The second-order valence-electron chi connectivity index (χ2n) is 3.26. The Bertz CT molecular complexity index is 107. The molecule has 0 radical (unpaired) electrons. The van der Waals surface area contributed by atoms with Gasteiger partial charge in [0.2, 0.25) is 0 Å². The van der Waals surface area contributed by atoms with Gasteiger partial charge in [0.1, 0.15) is 0 Å². The molecule has 1 aliphatic carbocycles. The first kappa shape index (κ1) is 6.58. The van der Waals surface area contributed by atoms with Crippen LogP contribution in [0.2, 0.25) is 0 Å². The maximum Gasteiger partial charge on any atom is 0.0815 e. The van der Waals surface area contributed by atoms with Crippen LogP contribution in [-0.4, -0.2) is 23.4 Å². The van der Waals surface area contributed by atoms with Crippen LogP contribution in [0.4, 0.5) is 0 Å². The standard InChI is InChI=1S/C7H13NO2/c9-6-3-5-1-2-7(4-6)10-8-5/h5-9H,1-4H2/t5-,6+,7+/m1/s1. The number of aliphatic hydroxyl groups is 1. The third-order valence-corrected chi connectivity index (χ3v) is 2.33. The molecule has 3 nitrogen and oxygen atoms in total. The van der Waals surface area contributed by atoms with Crippen LogP contribution >= 0.6 is 0 Å². The normalized spacial score (nSPS) is 47.1. The van der Waals surface area contributed by atoms with Crippen LogP contribution in [0, 0.1) is 0 Å². The van der Waals surface area contributed by atoms with Gasteiger partial charge in [0, 0.05) is 12.5 Å². The van der Waals surface area contributed by atoms with Gasteiger partial charge in [-0.1, -0.05) is 0 Å². The summed E-state index contributed by atoms with van der Waals surface area (Å²) in [7, 11) is 0. The van der Waals surface area contributed by atoms with E-state index < -0.39 is 0 Å². The van der Waals surface area contributed by atoms with E-state index >= 15 is 0 Å². The molecule has 3 atom stereocenters. The molecule has 58 valence electrons. The quantitative estimate of drug-likeness (QED) is 0.508. The minimum atomic E-state index is -0.146. The lowest BCUT2D eigenvalue weighted by Gasteiger charge is -2.23. The highest BCUT2D eigenvalue weighted by Crippen LogP contribution is 2.24. The lowest BCUT2D eigenvalue weighted by atomic mass is 10.1. The van der Waals surface area contributed by atoms with Crippen molar-refractivity contribution < 1.29 is 9.94 Å². The summed E-state index contributed by atoms with van der Waals surface area (Å²) in [6, 6.07) is 0.397. The Balaban J connectivity index is 2.05. The van der Waals surface area contributed by atoms with Gasteiger partial charge in [0.25, 0.3) is 0 Å². The van der Waals surface area contributed by atoms with Gasteiger partial charge in [-0.15, -0.1) is 0 Å². The zero-order valence-electron chi connectivity index (χ0n) is 5.92. The van der Waals surface area contributed by atoms with Crippen LogP contribution < -0.4 is 5.48 Å². The summed E-state index contributed by atoms with van der Waals surface area (Å²) in [6.07, 6.45) is 4.04. The Morgan fingerprint density at radius 1 is 1.30 bits per heavy atom. The fraction of sp³-hybridized carbons (Fsp3) is 1.00. The average molecular weight is 143 g/mol. The summed E-state index contributed by atoms with van der Waals surface area (Å²) in [4.78, 5) is 5.26. The topological polar surface area (TPSA) is 41.5 Å². The van der Waals surface area contributed by atoms with Gasteiger partial charge in [-0.05, 0) is 19.3 Å². The molecule has 2 N–H and O–H groups in total. The molecule has 2 heterocycles. The highest BCUT2D eigenvalue weighted by atomic mass is 16.7. The molecule has 1 saturated carbocycles. The van der Waals surface area contributed by atoms with E-state index in [1.807, 2.05) is 0 Å². The Labute approximate surface area is 60.3 Å². The van der Waals surface area contributed by atoms with Gasteiger partial charge in [-0.25, -0.2) is 0 Å². The predicted molar refractivity (Wildman–Crippen MR) is 36.3 cm³/mol. The highest BCUT2D eigenvalue weighted by molar-refractivity contribution is 4.81. The number of fused-ring (bicyclic) bond motifs is 4. The van der Waals surface area contributed by atoms with E-state index in [4.69, 9.17) is 4.84 Å². The van der Waals surface area contributed by atoms with Crippen LogP contribution in [0.15, 0.2) is 0 Å². The van der Waals surface area contributed by atoms with Crippen molar-refractivity contribution >= 4 is 0 Å². The fourth-order valence-electron chi connectivity index (χ4n) is 1.76. The van der Waals surface area contributed by atoms with Crippen LogP contribution in [0.3, 0.4) is 0 Å². The van der Waals surface area contributed by atoms with Gasteiger partial charge >= 0.3 is 0 Å². The Morgan fingerprint density at radius 2 is 2.20 bits per heavy atom. The lowest BCUT2D eigenvalue weighted by Crippen LogP contribution is -2.36. The smallest absolute Gasteiger partial charge is 0.0815 e. The summed E-state index contributed by atoms with van der Waals surface area (Å²) in [5.41, 5.74) is 2.95. The van der Waals surface area contributed by atoms with Crippen molar-refractivity contribution in [2.75, 3.05) is 0 Å². The SMILES string of the molecule is O[C@H]1C[C@H]2CC[C@@H](C1)ON2. The van der Waals surface area contributed by atoms with Gasteiger partial charge in [-0.3, -0.25) is 4.84 Å². The lowest BCUT2D eigenvalue weighted by molar-refractivity contribution is -0.0703. The largest absolute Gasteiger partial charge is 0.393 e. The molecule has 10 heavy (non-hydrogen) atoms. The van der Waals surface area contributed by atoms with Crippen molar-refractivity contribution in [3.63, 3.8) is 0 Å². The Morgan fingerprint density at radius 3 is 2.90 bits per heavy atom. The number of aliphatic hydroxyl groups excluding tert-OH is 1. The van der Waals surface area contributed by atoms with Crippen LogP contribution in [-0.2, 0) is 4.84 Å². The minimum Gasteiger partial charge on any atom is -0.393 e. The van der Waals surface area contributed by atoms with Crippen molar-refractivity contribution in [2.24, 2.45) is 0 Å². The van der Waals surface area contributed by atoms with Crippen molar-refractivity contribution in [3.05, 3.63) is 0 Å². The first-order chi connectivity index (χ1) is 4.84. The monoisotopic (exact) mass is 143 g/mol. The molecular formula is C7H13NO2. The van der Waals surface area contributed by atoms with Crippen molar-refractivity contribution in [1.82, 2.24) is 5.48 Å². The van der Waals surface area contributed by atoms with E-state index in [0.717, 1.165) is 25.7 Å². The zero-order chi connectivity index (χ0) is 6.97. The van der Waals surface area contributed by atoms with Crippen molar-refractivity contribution in [3.8, 4) is 0 Å². The molecule has 3 heteroatoms. The average Bonchev–Trinajstić information content (AvgIpc) is 2.17. The summed E-state index contributed by atoms with van der Waals surface area (Å²) in [6.45, 7) is 0. The van der Waals surface area contributed by atoms with Crippen LogP contribution in [0.1, 0.15) is 25.7 Å². The Kier molecular flexibility index (Phi) is 1.64. The molecule has 0 spiro atoms. The number of rotatable bonds is 0. The molecule has 3 rings (SSSR count). The van der Waals surface area contributed by atoms with Crippen molar-refractivity contribution in [1.29, 1.82) is 0 Å². The fourth-order valence-corrected chi connectivity index (χ4v) is 1.76. The van der Waals surface area contributed by atoms with Gasteiger partial charge in [0.15, 0.2) is 0 Å². The molecule has 0 amide bonds. The zero-order valence-corrected chi connectivity index (χ0v) is 5.92. The van der Waals surface area contributed by atoms with Crippen LogP contribution in [0.25, 0.3) is 0 Å². The summed E-state index contributed by atoms with van der Waals surface area (Å²) in [5, 5.41) is 9.35. The molecule has 2 saturated heterocycles. The molecule has 0 aromatic carbocycles. The summed E-state index contributed by atoms with van der Waals surface area (Å²) < 4.78 is 0. The predicted octanol–water partition coefficient (Wildman–Crippen LogP) is 0.193. The maximum atomic E-state index is 9.35. The van der Waals surface area contributed by atoms with Gasteiger partial charge < -0.3 is 5.11 Å². The first-order valence-corrected chi connectivity index (χ1v) is 3.94. The number of hydrogen-bond donors (Lipinski definition) is 2. The summed E-state index contributed by atoms with van der Waals surface area (Å²) in [5.74, 6) is 0. The molecule has 2 bridgehead atoms. The number of hydroxylamine groups is 1. The maximum absolute atomic E-state index is 9.35. The van der Waals surface area contributed by atoms with E-state index in [2.05, 4.69) is 5.48 Å². The van der Waals surface area contributed by atoms with Gasteiger partial charge in [-0.2, -0.15) is 5.48 Å². The highest BCUT2D eigenvalue weighted by Gasteiger charge is 2.30. The van der Waals surface area contributed by atoms with E-state index in [9.17, 15) is 5.11 Å². The third-order valence-electron chi connectivity index (χ3n) is 2.33. The molecule has 3 aliphatic rings. The minimum absolute atomic E-state index is 0.146. The van der Waals surface area contributed by atoms with Gasteiger partial charge in [0.05, 0.1) is 12.2 Å². The molecule has 0 aromatic rings. The van der Waals surface area contributed by atoms with Crippen LogP contribution in [0.5, 0.6) is 0 Å². The molecule has 3 fully saturated rings. The second kappa shape index (κ2) is 2.49. The summed E-state index contributed by atoms with van der Waals surface area (Å²) >= 11 is 0. The Hall–Kier alpha value is -0.120. The van der Waals surface area contributed by atoms with E-state index in [1.165, 1.54) is 0 Å². The molecule has 0 unspecified atom stereocenters. The van der Waals surface area contributed by atoms with E-state index in [-0.39, 0.29) is 12.2 Å². The molecular weight excluding hydrogens is 130 g/mol. The molecule has 0 aromatic heterocycles. The van der Waals surface area contributed by atoms with E-state index in [0.29, 0.717) is 6.04 Å². The number of hydrogen-bond acceptors (Lipinski definition) is 3.